The third-order valence-corrected chi connectivity index (χ3v) is 7.30. The molecule has 3 aliphatic rings. The summed E-state index contributed by atoms with van der Waals surface area (Å²) in [6.45, 7) is 6.23. The van der Waals surface area contributed by atoms with Crippen molar-refractivity contribution in [2.75, 3.05) is 24.6 Å². The van der Waals surface area contributed by atoms with Crippen LogP contribution >= 0.6 is 23.2 Å². The van der Waals surface area contributed by atoms with E-state index in [0.29, 0.717) is 28.1 Å². The van der Waals surface area contributed by atoms with E-state index >= 15 is 0 Å². The van der Waals surface area contributed by atoms with E-state index in [-0.39, 0.29) is 23.1 Å². The minimum absolute atomic E-state index is 0.0451. The second kappa shape index (κ2) is 7.48. The quantitative estimate of drug-likeness (QED) is 0.788. The third kappa shape index (κ3) is 3.30. The Hall–Kier alpha value is -1.34. The molecule has 8 heteroatoms. The smallest absolute Gasteiger partial charge is 0.259 e. The summed E-state index contributed by atoms with van der Waals surface area (Å²) in [5, 5.41) is 0.917. The van der Waals surface area contributed by atoms with E-state index < -0.39 is 0 Å². The molecule has 3 heterocycles. The van der Waals surface area contributed by atoms with E-state index in [9.17, 15) is 4.79 Å². The summed E-state index contributed by atoms with van der Waals surface area (Å²) in [5.41, 5.74) is 7.04. The third-order valence-electron chi connectivity index (χ3n) is 6.44. The number of hydrogen-bond acceptors (Lipinski definition) is 5. The highest BCUT2D eigenvalue weighted by atomic mass is 35.5. The number of aryl methyl sites for hydroxylation is 1. The van der Waals surface area contributed by atoms with Crippen LogP contribution in [0.25, 0.3) is 5.70 Å². The van der Waals surface area contributed by atoms with Crippen molar-refractivity contribution in [1.29, 1.82) is 0 Å². The maximum Gasteiger partial charge on any atom is 0.259 e. The number of halogens is 2. The second-order valence-electron chi connectivity index (χ2n) is 8.08. The van der Waals surface area contributed by atoms with E-state index in [2.05, 4.69) is 4.90 Å². The van der Waals surface area contributed by atoms with Crippen molar-refractivity contribution in [1.82, 2.24) is 9.55 Å². The van der Waals surface area contributed by atoms with Crippen molar-refractivity contribution >= 4 is 34.7 Å². The van der Waals surface area contributed by atoms with Crippen LogP contribution in [-0.2, 0) is 4.74 Å². The topological polar surface area (TPSA) is 73.4 Å². The predicted molar refractivity (Wildman–Crippen MR) is 113 cm³/mol. The number of piperidine rings is 1. The standard InChI is InChI=1S/C20H26Cl2N4O2/c1-12-19(23)20(11-28-12)6-8-25(9-7-20)16-10-17(27)26(13(2)24-16)15-5-3-4-14(21)18(15)22/h4,10,12,19H,3,5-9,11,23H2,1-2H3/t12-,19+/m0/s1. The lowest BCUT2D eigenvalue weighted by molar-refractivity contribution is 0.0974. The Morgan fingerprint density at radius 3 is 2.64 bits per heavy atom. The van der Waals surface area contributed by atoms with Crippen molar-refractivity contribution in [3.8, 4) is 0 Å². The molecule has 6 nitrogen and oxygen atoms in total. The van der Waals surface area contributed by atoms with Gasteiger partial charge in [-0.05, 0) is 39.5 Å². The van der Waals surface area contributed by atoms with Crippen LogP contribution in [0.3, 0.4) is 0 Å². The number of aromatic nitrogens is 2. The first-order valence-electron chi connectivity index (χ1n) is 9.80. The Kier molecular flexibility index (Phi) is 5.33. The average Bonchev–Trinajstić information content (AvgIpc) is 2.94. The monoisotopic (exact) mass is 424 g/mol. The van der Waals surface area contributed by atoms with Gasteiger partial charge >= 0.3 is 0 Å². The Bertz CT molecular complexity index is 900. The summed E-state index contributed by atoms with van der Waals surface area (Å²) >= 11 is 12.5. The van der Waals surface area contributed by atoms with Crippen molar-refractivity contribution in [2.45, 2.75) is 51.7 Å². The number of allylic oxidation sites excluding steroid dienone is 4. The number of hydrogen-bond donors (Lipinski definition) is 1. The number of ether oxygens (including phenoxy) is 1. The molecule has 0 radical (unpaired) electrons. The minimum Gasteiger partial charge on any atom is -0.376 e. The molecule has 1 spiro atoms. The average molecular weight is 425 g/mol. The number of anilines is 1. The van der Waals surface area contributed by atoms with E-state index in [1.807, 2.05) is 19.9 Å². The van der Waals surface area contributed by atoms with Gasteiger partial charge in [-0.15, -0.1) is 0 Å². The molecule has 152 valence electrons. The Balaban J connectivity index is 1.58. The van der Waals surface area contributed by atoms with Crippen LogP contribution in [0.1, 0.15) is 38.4 Å². The van der Waals surface area contributed by atoms with Crippen LogP contribution in [0.5, 0.6) is 0 Å². The molecular weight excluding hydrogens is 399 g/mol. The summed E-state index contributed by atoms with van der Waals surface area (Å²) in [6, 6.07) is 1.66. The van der Waals surface area contributed by atoms with Crippen LogP contribution in [0.4, 0.5) is 5.82 Å². The molecule has 2 saturated heterocycles. The Morgan fingerprint density at radius 1 is 1.32 bits per heavy atom. The molecule has 1 aliphatic carbocycles. The van der Waals surface area contributed by atoms with E-state index in [0.717, 1.165) is 44.7 Å². The van der Waals surface area contributed by atoms with Gasteiger partial charge in [0.15, 0.2) is 0 Å². The van der Waals surface area contributed by atoms with Gasteiger partial charge in [-0.1, -0.05) is 29.3 Å². The summed E-state index contributed by atoms with van der Waals surface area (Å²) in [6.07, 6.45) is 5.29. The number of nitrogens with zero attached hydrogens (tertiary/aromatic N) is 3. The molecule has 0 amide bonds. The van der Waals surface area contributed by atoms with Crippen LogP contribution < -0.4 is 16.2 Å². The molecule has 0 unspecified atom stereocenters. The molecule has 2 fully saturated rings. The highest BCUT2D eigenvalue weighted by molar-refractivity contribution is 6.45. The fourth-order valence-electron chi connectivity index (χ4n) is 4.61. The van der Waals surface area contributed by atoms with Crippen LogP contribution in [0.2, 0.25) is 0 Å². The zero-order chi connectivity index (χ0) is 20.1. The van der Waals surface area contributed by atoms with Gasteiger partial charge in [0.25, 0.3) is 5.56 Å². The maximum atomic E-state index is 12.9. The molecule has 0 aromatic carbocycles. The zero-order valence-electron chi connectivity index (χ0n) is 16.3. The summed E-state index contributed by atoms with van der Waals surface area (Å²) in [5.74, 6) is 1.33. The van der Waals surface area contributed by atoms with Gasteiger partial charge in [0.1, 0.15) is 11.6 Å². The van der Waals surface area contributed by atoms with Crippen molar-refractivity contribution in [2.24, 2.45) is 11.1 Å². The van der Waals surface area contributed by atoms with Gasteiger partial charge in [-0.2, -0.15) is 0 Å². The van der Waals surface area contributed by atoms with Gasteiger partial charge < -0.3 is 15.4 Å². The summed E-state index contributed by atoms with van der Waals surface area (Å²) < 4.78 is 7.37. The lowest BCUT2D eigenvalue weighted by Crippen LogP contribution is -2.51. The molecule has 0 saturated carbocycles. The molecule has 4 rings (SSSR count). The van der Waals surface area contributed by atoms with Crippen LogP contribution in [-0.4, -0.2) is 41.4 Å². The lowest BCUT2D eigenvalue weighted by Gasteiger charge is -2.41. The summed E-state index contributed by atoms with van der Waals surface area (Å²) in [4.78, 5) is 19.8. The van der Waals surface area contributed by atoms with Gasteiger partial charge in [0.05, 0.1) is 22.8 Å². The van der Waals surface area contributed by atoms with Crippen molar-refractivity contribution in [3.05, 3.63) is 38.4 Å². The van der Waals surface area contributed by atoms with Crippen LogP contribution in [0.15, 0.2) is 27.0 Å². The largest absolute Gasteiger partial charge is 0.376 e. The first-order valence-corrected chi connectivity index (χ1v) is 10.6. The minimum atomic E-state index is -0.128. The fourth-order valence-corrected chi connectivity index (χ4v) is 5.08. The molecule has 1 aromatic rings. The highest BCUT2D eigenvalue weighted by Gasteiger charge is 2.47. The summed E-state index contributed by atoms with van der Waals surface area (Å²) in [7, 11) is 0. The molecule has 28 heavy (non-hydrogen) atoms. The number of rotatable bonds is 2. The lowest BCUT2D eigenvalue weighted by atomic mass is 9.73. The Morgan fingerprint density at radius 2 is 2.04 bits per heavy atom. The normalized spacial score (nSPS) is 27.5. The van der Waals surface area contributed by atoms with Crippen molar-refractivity contribution < 1.29 is 4.74 Å². The number of nitrogens with two attached hydrogens (primary N) is 1. The molecule has 2 atom stereocenters. The van der Waals surface area contributed by atoms with Gasteiger partial charge in [0.2, 0.25) is 0 Å². The van der Waals surface area contributed by atoms with E-state index in [1.54, 1.807) is 10.6 Å². The van der Waals surface area contributed by atoms with Gasteiger partial charge in [0, 0.05) is 36.3 Å². The van der Waals surface area contributed by atoms with Gasteiger partial charge in [-0.3, -0.25) is 9.36 Å². The van der Waals surface area contributed by atoms with E-state index in [4.69, 9.17) is 38.7 Å². The Labute approximate surface area is 175 Å². The SMILES string of the molecule is Cc1nc(N2CCC3(CC2)CO[C@@H](C)[C@H]3N)cc(=O)n1C1=C(Cl)C(Cl)=CCC1. The second-order valence-corrected chi connectivity index (χ2v) is 8.86. The first-order chi connectivity index (χ1) is 13.3. The molecule has 2 aliphatic heterocycles. The van der Waals surface area contributed by atoms with Crippen molar-refractivity contribution in [3.63, 3.8) is 0 Å². The first kappa shape index (κ1) is 20.0. The zero-order valence-corrected chi connectivity index (χ0v) is 17.8. The molecule has 1 aromatic heterocycles. The maximum absolute atomic E-state index is 12.9. The molecule has 0 bridgehead atoms. The predicted octanol–water partition coefficient (Wildman–Crippen LogP) is 3.21. The fraction of sp³-hybridized carbons (Fsp3) is 0.600. The molecule has 2 N–H and O–H groups in total. The highest BCUT2D eigenvalue weighted by Crippen LogP contribution is 2.41. The molecular formula is C20H26Cl2N4O2. The van der Waals surface area contributed by atoms with E-state index in [1.165, 1.54) is 0 Å². The van der Waals surface area contributed by atoms with Gasteiger partial charge in [-0.25, -0.2) is 4.98 Å². The van der Waals surface area contributed by atoms with Crippen LogP contribution in [0, 0.1) is 12.3 Å².